The SMILES string of the molecule is [Ir].[c-]1cccc2c1c1nc(Cc3ccccc3)cn1c1ccccc21. The third-order valence-electron chi connectivity index (χ3n) is 4.52. The maximum atomic E-state index is 4.92. The normalized spacial score (nSPS) is 11.0. The van der Waals surface area contributed by atoms with Crippen LogP contribution in [0.3, 0.4) is 0 Å². The average Bonchev–Trinajstić information content (AvgIpc) is 3.07. The van der Waals surface area contributed by atoms with Gasteiger partial charge in [-0.15, -0.1) is 29.7 Å². The smallest absolute Gasteiger partial charge is 0.0612 e. The van der Waals surface area contributed by atoms with Crippen molar-refractivity contribution >= 4 is 27.3 Å². The second-order valence-corrected chi connectivity index (χ2v) is 6.06. The summed E-state index contributed by atoms with van der Waals surface area (Å²) >= 11 is 0. The average molecular weight is 500 g/mol. The molecular weight excluding hydrogens is 484 g/mol. The molecule has 0 amide bonds. The molecule has 2 nitrogen and oxygen atoms in total. The second kappa shape index (κ2) is 6.44. The molecule has 0 bridgehead atoms. The summed E-state index contributed by atoms with van der Waals surface area (Å²) < 4.78 is 2.20. The first-order valence-electron chi connectivity index (χ1n) is 8.13. The molecule has 0 unspecified atom stereocenters. The van der Waals surface area contributed by atoms with Gasteiger partial charge in [0.2, 0.25) is 0 Å². The molecule has 0 N–H and O–H groups in total. The number of aromatic nitrogens is 2. The first-order valence-corrected chi connectivity index (χ1v) is 8.13. The Labute approximate surface area is 159 Å². The van der Waals surface area contributed by atoms with Crippen molar-refractivity contribution in [3.05, 3.63) is 96.3 Å². The quantitative estimate of drug-likeness (QED) is 0.246. The Kier molecular flexibility index (Phi) is 4.12. The van der Waals surface area contributed by atoms with E-state index in [-0.39, 0.29) is 20.1 Å². The molecule has 5 rings (SSSR count). The van der Waals surface area contributed by atoms with Crippen molar-refractivity contribution in [3.63, 3.8) is 0 Å². The van der Waals surface area contributed by atoms with Gasteiger partial charge in [-0.1, -0.05) is 53.9 Å². The zero-order valence-corrected chi connectivity index (χ0v) is 15.8. The molecule has 0 saturated heterocycles. The number of pyridine rings is 1. The van der Waals surface area contributed by atoms with Crippen molar-refractivity contribution in [2.24, 2.45) is 0 Å². The summed E-state index contributed by atoms with van der Waals surface area (Å²) in [4.78, 5) is 4.92. The predicted octanol–water partition coefficient (Wildman–Crippen LogP) is 5.03. The van der Waals surface area contributed by atoms with E-state index in [1.54, 1.807) is 0 Å². The van der Waals surface area contributed by atoms with E-state index < -0.39 is 0 Å². The summed E-state index contributed by atoms with van der Waals surface area (Å²) in [7, 11) is 0. The fourth-order valence-corrected chi connectivity index (χ4v) is 3.44. The number of fused-ring (bicyclic) bond motifs is 6. The molecule has 3 heteroatoms. The Bertz CT molecular complexity index is 1100. The maximum absolute atomic E-state index is 4.92. The van der Waals surface area contributed by atoms with Crippen LogP contribution >= 0.6 is 0 Å². The maximum Gasteiger partial charge on any atom is 0.0612 e. The van der Waals surface area contributed by atoms with E-state index >= 15 is 0 Å². The van der Waals surface area contributed by atoms with Crippen molar-refractivity contribution in [1.29, 1.82) is 0 Å². The van der Waals surface area contributed by atoms with Gasteiger partial charge >= 0.3 is 0 Å². The molecule has 123 valence electrons. The van der Waals surface area contributed by atoms with Crippen LogP contribution in [-0.4, -0.2) is 9.38 Å². The molecule has 0 atom stereocenters. The number of nitrogens with zero attached hydrogens (tertiary/aromatic N) is 2. The van der Waals surface area contributed by atoms with Gasteiger partial charge in [-0.05, 0) is 17.0 Å². The molecule has 1 radical (unpaired) electrons. The minimum Gasteiger partial charge on any atom is -0.340 e. The zero-order chi connectivity index (χ0) is 15.9. The van der Waals surface area contributed by atoms with Crippen LogP contribution in [0.5, 0.6) is 0 Å². The van der Waals surface area contributed by atoms with Gasteiger partial charge in [-0.2, -0.15) is 0 Å². The van der Waals surface area contributed by atoms with Crippen LogP contribution in [0.1, 0.15) is 11.3 Å². The van der Waals surface area contributed by atoms with E-state index in [4.69, 9.17) is 4.98 Å². The number of imidazole rings is 1. The van der Waals surface area contributed by atoms with E-state index in [0.29, 0.717) is 0 Å². The van der Waals surface area contributed by atoms with E-state index in [1.807, 2.05) is 18.2 Å². The van der Waals surface area contributed by atoms with E-state index in [0.717, 1.165) is 23.1 Å². The first kappa shape index (κ1) is 16.0. The molecule has 0 aliphatic heterocycles. The summed E-state index contributed by atoms with van der Waals surface area (Å²) in [5.41, 5.74) is 4.52. The molecule has 0 saturated carbocycles. The van der Waals surface area contributed by atoms with E-state index in [1.165, 1.54) is 21.9 Å². The van der Waals surface area contributed by atoms with Crippen molar-refractivity contribution in [2.75, 3.05) is 0 Å². The topological polar surface area (TPSA) is 17.3 Å². The number of benzene rings is 3. The van der Waals surface area contributed by atoms with Crippen LogP contribution in [0.2, 0.25) is 0 Å². The first-order chi connectivity index (χ1) is 11.9. The summed E-state index contributed by atoms with van der Waals surface area (Å²) in [6.45, 7) is 0. The van der Waals surface area contributed by atoms with Crippen LogP contribution in [0, 0.1) is 6.07 Å². The van der Waals surface area contributed by atoms with Crippen molar-refractivity contribution < 1.29 is 20.1 Å². The van der Waals surface area contributed by atoms with Gasteiger partial charge in [-0.3, -0.25) is 4.98 Å². The van der Waals surface area contributed by atoms with Gasteiger partial charge in [0.05, 0.1) is 11.3 Å². The minimum absolute atomic E-state index is 0. The van der Waals surface area contributed by atoms with Gasteiger partial charge in [0.25, 0.3) is 0 Å². The van der Waals surface area contributed by atoms with Crippen LogP contribution in [0.4, 0.5) is 0 Å². The van der Waals surface area contributed by atoms with Gasteiger partial charge in [-0.25, -0.2) is 0 Å². The molecule has 0 spiro atoms. The third-order valence-corrected chi connectivity index (χ3v) is 4.52. The van der Waals surface area contributed by atoms with Crippen LogP contribution in [0.15, 0.2) is 79.0 Å². The van der Waals surface area contributed by atoms with Gasteiger partial charge < -0.3 is 4.40 Å². The van der Waals surface area contributed by atoms with Gasteiger partial charge in [0.1, 0.15) is 0 Å². The van der Waals surface area contributed by atoms with Crippen molar-refractivity contribution in [2.45, 2.75) is 6.42 Å². The summed E-state index contributed by atoms with van der Waals surface area (Å²) in [6.07, 6.45) is 3.00. The molecule has 25 heavy (non-hydrogen) atoms. The monoisotopic (exact) mass is 500 g/mol. The standard InChI is InChI=1S/C22H15N2.Ir/c1-2-8-16(9-3-1)14-17-15-24-21-13-7-6-11-19(21)18-10-4-5-12-20(18)22(24)23-17;/h1-11,13,15H,14H2;/q-1;. The number of hydrogen-bond acceptors (Lipinski definition) is 1. The number of rotatable bonds is 2. The van der Waals surface area contributed by atoms with Crippen LogP contribution in [0.25, 0.3) is 27.3 Å². The molecular formula is C22H15IrN2-. The Morgan fingerprint density at radius 1 is 0.840 bits per heavy atom. The minimum atomic E-state index is 0. The van der Waals surface area contributed by atoms with Crippen LogP contribution in [-0.2, 0) is 26.5 Å². The molecule has 5 aromatic rings. The Morgan fingerprint density at radius 2 is 1.60 bits per heavy atom. The molecule has 0 fully saturated rings. The number of hydrogen-bond donors (Lipinski definition) is 0. The molecule has 2 heterocycles. The number of para-hydroxylation sites is 1. The summed E-state index contributed by atoms with van der Waals surface area (Å²) in [6, 6.07) is 28.5. The van der Waals surface area contributed by atoms with Gasteiger partial charge in [0, 0.05) is 38.2 Å². The Balaban J connectivity index is 0.00000157. The zero-order valence-electron chi connectivity index (χ0n) is 13.4. The van der Waals surface area contributed by atoms with Gasteiger partial charge in [0.15, 0.2) is 0 Å². The largest absolute Gasteiger partial charge is 0.340 e. The molecule has 0 aliphatic rings. The Morgan fingerprint density at radius 3 is 2.48 bits per heavy atom. The molecule has 3 aromatic carbocycles. The fourth-order valence-electron chi connectivity index (χ4n) is 3.44. The fraction of sp³-hybridized carbons (Fsp3) is 0.0455. The van der Waals surface area contributed by atoms with Crippen molar-refractivity contribution in [3.8, 4) is 0 Å². The second-order valence-electron chi connectivity index (χ2n) is 6.06. The van der Waals surface area contributed by atoms with E-state index in [9.17, 15) is 0 Å². The summed E-state index contributed by atoms with van der Waals surface area (Å²) in [5.74, 6) is 0. The molecule has 0 aliphatic carbocycles. The van der Waals surface area contributed by atoms with E-state index in [2.05, 4.69) is 71.3 Å². The Hall–Kier alpha value is -2.48. The predicted molar refractivity (Wildman–Crippen MR) is 98.3 cm³/mol. The molecule has 2 aromatic heterocycles. The van der Waals surface area contributed by atoms with Crippen molar-refractivity contribution in [1.82, 2.24) is 9.38 Å². The van der Waals surface area contributed by atoms with Crippen LogP contribution < -0.4 is 0 Å². The summed E-state index contributed by atoms with van der Waals surface area (Å²) in [5, 5.41) is 3.52. The third kappa shape index (κ3) is 2.66.